The number of benzene rings is 1. The molecule has 0 aliphatic heterocycles. The van der Waals surface area contributed by atoms with Gasteiger partial charge >= 0.3 is 0 Å². The van der Waals surface area contributed by atoms with Crippen LogP contribution in [0.2, 0.25) is 0 Å². The van der Waals surface area contributed by atoms with Crippen LogP contribution < -0.4 is 10.3 Å². The van der Waals surface area contributed by atoms with E-state index in [1.54, 1.807) is 29.3 Å². The second-order valence-corrected chi connectivity index (χ2v) is 8.72. The van der Waals surface area contributed by atoms with Crippen LogP contribution in [0.4, 0.5) is 0 Å². The average Bonchev–Trinajstić information content (AvgIpc) is 3.06. The van der Waals surface area contributed by atoms with Crippen LogP contribution in [0, 0.1) is 0 Å². The van der Waals surface area contributed by atoms with E-state index in [9.17, 15) is 4.79 Å². The Bertz CT molecular complexity index is 1010. The molecule has 0 fully saturated rings. The van der Waals surface area contributed by atoms with Crippen molar-refractivity contribution in [2.45, 2.75) is 64.2 Å². The Kier molecular flexibility index (Phi) is 6.10. The molecule has 0 amide bonds. The van der Waals surface area contributed by atoms with Gasteiger partial charge in [-0.05, 0) is 43.4 Å². The topological polar surface area (TPSA) is 44.1 Å². The third kappa shape index (κ3) is 4.00. The molecule has 0 unspecified atom stereocenters. The lowest BCUT2D eigenvalue weighted by atomic mass is 9.99. The van der Waals surface area contributed by atoms with Gasteiger partial charge in [-0.2, -0.15) is 0 Å². The zero-order valence-electron chi connectivity index (χ0n) is 16.6. The molecule has 0 spiro atoms. The molecule has 2 aromatic heterocycles. The lowest BCUT2D eigenvalue weighted by Gasteiger charge is -2.09. The maximum atomic E-state index is 13.4. The van der Waals surface area contributed by atoms with Crippen LogP contribution >= 0.6 is 11.3 Å². The number of aromatic nitrogens is 2. The molecule has 28 heavy (non-hydrogen) atoms. The van der Waals surface area contributed by atoms with E-state index in [0.29, 0.717) is 0 Å². The quantitative estimate of drug-likeness (QED) is 0.560. The number of hydrogen-bond donors (Lipinski definition) is 0. The summed E-state index contributed by atoms with van der Waals surface area (Å²) in [6.45, 7) is 0. The summed E-state index contributed by atoms with van der Waals surface area (Å²) in [5.74, 6) is 0.741. The van der Waals surface area contributed by atoms with Crippen LogP contribution in [0.25, 0.3) is 15.9 Å². The van der Waals surface area contributed by atoms with Crippen molar-refractivity contribution in [3.8, 4) is 11.4 Å². The van der Waals surface area contributed by atoms with Gasteiger partial charge in [0.2, 0.25) is 0 Å². The molecule has 1 aromatic carbocycles. The first kappa shape index (κ1) is 19.2. The summed E-state index contributed by atoms with van der Waals surface area (Å²) in [4.78, 5) is 20.4. The van der Waals surface area contributed by atoms with E-state index in [1.807, 2.05) is 24.3 Å². The summed E-state index contributed by atoms with van der Waals surface area (Å²) in [5, 5.41) is 0.836. The third-order valence-electron chi connectivity index (χ3n) is 5.71. The van der Waals surface area contributed by atoms with Crippen LogP contribution in [0.15, 0.2) is 35.4 Å². The molecule has 0 saturated carbocycles. The second-order valence-electron chi connectivity index (χ2n) is 7.63. The minimum atomic E-state index is 0.0443. The first-order chi connectivity index (χ1) is 13.8. The lowest BCUT2D eigenvalue weighted by Crippen LogP contribution is -2.19. The third-order valence-corrected chi connectivity index (χ3v) is 6.91. The van der Waals surface area contributed by atoms with Crippen molar-refractivity contribution in [3.05, 3.63) is 51.4 Å². The number of aryl methyl sites for hydroxylation is 2. The molecule has 4 nitrogen and oxygen atoms in total. The van der Waals surface area contributed by atoms with Crippen molar-refractivity contribution in [2.75, 3.05) is 7.11 Å². The van der Waals surface area contributed by atoms with Gasteiger partial charge in [0.05, 0.1) is 18.2 Å². The molecule has 2 heterocycles. The number of methoxy groups -OCH3 is 1. The van der Waals surface area contributed by atoms with Gasteiger partial charge in [0.15, 0.2) is 0 Å². The Morgan fingerprint density at radius 1 is 1.00 bits per heavy atom. The fourth-order valence-electron chi connectivity index (χ4n) is 4.15. The highest BCUT2D eigenvalue weighted by Crippen LogP contribution is 2.31. The Balaban J connectivity index is 1.78. The molecule has 1 aliphatic carbocycles. The minimum absolute atomic E-state index is 0.0443. The van der Waals surface area contributed by atoms with E-state index in [2.05, 4.69) is 4.98 Å². The number of hydrogen-bond acceptors (Lipinski definition) is 4. The SMILES string of the molecule is COc1cccc(-n2cnc3sc4c(c3c2=O)CCCCCCCCCC4)c1. The largest absolute Gasteiger partial charge is 0.497 e. The standard InChI is InChI=1S/C23H28N2O2S/c1-27-18-12-10-11-17(15-18)25-16-24-22-21(23(25)26)19-13-8-6-4-2-3-5-7-9-14-20(19)28-22/h10-12,15-16H,2-9,13-14H2,1H3. The van der Waals surface area contributed by atoms with E-state index in [4.69, 9.17) is 4.74 Å². The molecule has 1 aliphatic rings. The van der Waals surface area contributed by atoms with E-state index < -0.39 is 0 Å². The first-order valence-electron chi connectivity index (χ1n) is 10.4. The Hall–Kier alpha value is -2.14. The highest BCUT2D eigenvalue weighted by atomic mass is 32.1. The summed E-state index contributed by atoms with van der Waals surface area (Å²) in [6.07, 6.45) is 14.0. The maximum absolute atomic E-state index is 13.4. The molecule has 4 rings (SSSR count). The average molecular weight is 397 g/mol. The normalized spacial score (nSPS) is 16.2. The van der Waals surface area contributed by atoms with Gasteiger partial charge < -0.3 is 4.74 Å². The van der Waals surface area contributed by atoms with Gasteiger partial charge in [0, 0.05) is 10.9 Å². The number of ether oxygens (including phenoxy) is 1. The van der Waals surface area contributed by atoms with Crippen molar-refractivity contribution in [3.63, 3.8) is 0 Å². The van der Waals surface area contributed by atoms with Crippen molar-refractivity contribution in [1.82, 2.24) is 9.55 Å². The van der Waals surface area contributed by atoms with E-state index in [1.165, 1.54) is 55.4 Å². The van der Waals surface area contributed by atoms with Crippen LogP contribution in [0.1, 0.15) is 61.8 Å². The second kappa shape index (κ2) is 8.91. The minimum Gasteiger partial charge on any atom is -0.497 e. The molecule has 0 N–H and O–H groups in total. The number of nitrogens with zero attached hydrogens (tertiary/aromatic N) is 2. The molecular weight excluding hydrogens is 368 g/mol. The summed E-state index contributed by atoms with van der Waals surface area (Å²) in [7, 11) is 1.64. The zero-order chi connectivity index (χ0) is 19.3. The van der Waals surface area contributed by atoms with Crippen LogP contribution in [-0.4, -0.2) is 16.7 Å². The number of fused-ring (bicyclic) bond motifs is 3. The van der Waals surface area contributed by atoms with Gasteiger partial charge in [-0.3, -0.25) is 9.36 Å². The maximum Gasteiger partial charge on any atom is 0.266 e. The molecule has 148 valence electrons. The highest BCUT2D eigenvalue weighted by Gasteiger charge is 2.18. The molecular formula is C23H28N2O2S. The summed E-state index contributed by atoms with van der Waals surface area (Å²) in [5.41, 5.74) is 2.10. The molecule has 5 heteroatoms. The monoisotopic (exact) mass is 396 g/mol. The molecule has 0 radical (unpaired) electrons. The first-order valence-corrected chi connectivity index (χ1v) is 11.3. The lowest BCUT2D eigenvalue weighted by molar-refractivity contribution is 0.414. The van der Waals surface area contributed by atoms with Gasteiger partial charge in [-0.1, -0.05) is 44.6 Å². The Morgan fingerprint density at radius 3 is 2.46 bits per heavy atom. The molecule has 0 bridgehead atoms. The number of thiophene rings is 1. The predicted octanol–water partition coefficient (Wildman–Crippen LogP) is 5.68. The summed E-state index contributed by atoms with van der Waals surface area (Å²) in [6, 6.07) is 7.60. The fraction of sp³-hybridized carbons (Fsp3) is 0.478. The fourth-order valence-corrected chi connectivity index (χ4v) is 5.37. The van der Waals surface area contributed by atoms with E-state index in [0.717, 1.165) is 40.9 Å². The van der Waals surface area contributed by atoms with Crippen molar-refractivity contribution in [2.24, 2.45) is 0 Å². The van der Waals surface area contributed by atoms with Crippen molar-refractivity contribution < 1.29 is 4.74 Å². The summed E-state index contributed by atoms with van der Waals surface area (Å²) < 4.78 is 6.98. The van der Waals surface area contributed by atoms with Gasteiger partial charge in [-0.25, -0.2) is 4.98 Å². The number of rotatable bonds is 2. The van der Waals surface area contributed by atoms with Crippen molar-refractivity contribution >= 4 is 21.6 Å². The molecule has 3 aromatic rings. The highest BCUT2D eigenvalue weighted by molar-refractivity contribution is 7.18. The van der Waals surface area contributed by atoms with Crippen LogP contribution in [0.5, 0.6) is 5.75 Å². The zero-order valence-corrected chi connectivity index (χ0v) is 17.4. The van der Waals surface area contributed by atoms with Gasteiger partial charge in [-0.15, -0.1) is 11.3 Å². The van der Waals surface area contributed by atoms with Gasteiger partial charge in [0.1, 0.15) is 16.9 Å². The smallest absolute Gasteiger partial charge is 0.266 e. The van der Waals surface area contributed by atoms with Crippen molar-refractivity contribution in [1.29, 1.82) is 0 Å². The summed E-state index contributed by atoms with van der Waals surface area (Å²) >= 11 is 1.73. The molecule has 0 atom stereocenters. The van der Waals surface area contributed by atoms with Crippen LogP contribution in [-0.2, 0) is 12.8 Å². The Labute approximate surface area is 170 Å². The Morgan fingerprint density at radius 2 is 1.71 bits per heavy atom. The molecule has 0 saturated heterocycles. The predicted molar refractivity (Wildman–Crippen MR) is 116 cm³/mol. The van der Waals surface area contributed by atoms with Crippen LogP contribution in [0.3, 0.4) is 0 Å². The van der Waals surface area contributed by atoms with E-state index in [-0.39, 0.29) is 5.56 Å². The van der Waals surface area contributed by atoms with E-state index >= 15 is 0 Å². The van der Waals surface area contributed by atoms with Gasteiger partial charge in [0.25, 0.3) is 5.56 Å².